The normalized spacial score (nSPS) is 11.6. The van der Waals surface area contributed by atoms with Gasteiger partial charge in [-0.1, -0.05) is 20.8 Å². The predicted molar refractivity (Wildman–Crippen MR) is 64.9 cm³/mol. The van der Waals surface area contributed by atoms with Gasteiger partial charge in [-0.25, -0.2) is 0 Å². The maximum atomic E-state index is 2.40. The molecule has 0 bridgehead atoms. The average Bonchev–Trinajstić information content (AvgIpc) is 2.50. The first-order chi connectivity index (χ1) is 6.61. The Morgan fingerprint density at radius 2 is 1.93 bits per heavy atom. The highest BCUT2D eigenvalue weighted by Gasteiger charge is 2.04. The maximum Gasteiger partial charge on any atom is 0.0325 e. The minimum absolute atomic E-state index is 0.755. The van der Waals surface area contributed by atoms with Gasteiger partial charge < -0.3 is 4.90 Å². The summed E-state index contributed by atoms with van der Waals surface area (Å²) in [5, 5.41) is 0. The monoisotopic (exact) mass is 211 g/mol. The summed E-state index contributed by atoms with van der Waals surface area (Å²) in [6.07, 6.45) is 1.17. The first-order valence-corrected chi connectivity index (χ1v) is 6.19. The van der Waals surface area contributed by atoms with E-state index >= 15 is 0 Å². The molecular weight excluding hydrogens is 190 g/mol. The van der Waals surface area contributed by atoms with Gasteiger partial charge in [0.1, 0.15) is 0 Å². The van der Waals surface area contributed by atoms with Crippen molar-refractivity contribution >= 4 is 11.3 Å². The summed E-state index contributed by atoms with van der Waals surface area (Å²) in [5.74, 6) is 0.755. The van der Waals surface area contributed by atoms with Gasteiger partial charge in [0, 0.05) is 22.8 Å². The summed E-state index contributed by atoms with van der Waals surface area (Å²) < 4.78 is 0. The predicted octanol–water partition coefficient (Wildman–Crippen LogP) is 3.40. The van der Waals surface area contributed by atoms with Crippen LogP contribution < -0.4 is 0 Å². The van der Waals surface area contributed by atoms with Gasteiger partial charge in [-0.3, -0.25) is 0 Å². The van der Waals surface area contributed by atoms with E-state index in [4.69, 9.17) is 0 Å². The Bertz CT molecular complexity index is 265. The van der Waals surface area contributed by atoms with Crippen LogP contribution in [-0.4, -0.2) is 18.5 Å². The van der Waals surface area contributed by atoms with Gasteiger partial charge in [0.05, 0.1) is 0 Å². The molecule has 0 unspecified atom stereocenters. The summed E-state index contributed by atoms with van der Waals surface area (Å²) in [7, 11) is 2.20. The van der Waals surface area contributed by atoms with Gasteiger partial charge in [0.15, 0.2) is 0 Å². The Hall–Kier alpha value is -0.340. The van der Waals surface area contributed by atoms with Crippen molar-refractivity contribution in [2.45, 2.75) is 33.7 Å². The molecule has 0 aliphatic rings. The standard InChI is InChI=1S/C12H21NS/c1-5-11-6-7-12(14-11)9-13(4)8-10(2)3/h6-7,10H,5,8-9H2,1-4H3. The van der Waals surface area contributed by atoms with Crippen molar-refractivity contribution in [1.29, 1.82) is 0 Å². The molecule has 0 atom stereocenters. The van der Waals surface area contributed by atoms with Crippen LogP contribution in [0.1, 0.15) is 30.5 Å². The summed E-state index contributed by atoms with van der Waals surface area (Å²) in [5.41, 5.74) is 0. The fraction of sp³-hybridized carbons (Fsp3) is 0.667. The van der Waals surface area contributed by atoms with Crippen LogP contribution in [0.2, 0.25) is 0 Å². The highest BCUT2D eigenvalue weighted by atomic mass is 32.1. The molecule has 14 heavy (non-hydrogen) atoms. The third-order valence-corrected chi connectivity index (χ3v) is 3.38. The van der Waals surface area contributed by atoms with E-state index in [1.54, 1.807) is 0 Å². The SMILES string of the molecule is CCc1ccc(CN(C)CC(C)C)s1. The molecule has 1 aromatic heterocycles. The second kappa shape index (κ2) is 5.52. The Balaban J connectivity index is 2.43. The largest absolute Gasteiger partial charge is 0.301 e. The van der Waals surface area contributed by atoms with Crippen LogP contribution in [0.25, 0.3) is 0 Å². The van der Waals surface area contributed by atoms with Gasteiger partial charge in [-0.2, -0.15) is 0 Å². The van der Waals surface area contributed by atoms with Crippen LogP contribution >= 0.6 is 11.3 Å². The zero-order valence-corrected chi connectivity index (χ0v) is 10.5. The number of nitrogens with zero attached hydrogens (tertiary/aromatic N) is 1. The van der Waals surface area contributed by atoms with E-state index in [1.807, 2.05) is 11.3 Å². The molecule has 0 fully saturated rings. The molecule has 0 saturated carbocycles. The van der Waals surface area contributed by atoms with Crippen molar-refractivity contribution in [2.75, 3.05) is 13.6 Å². The molecule has 1 heterocycles. The fourth-order valence-corrected chi connectivity index (χ4v) is 2.69. The topological polar surface area (TPSA) is 3.24 Å². The minimum Gasteiger partial charge on any atom is -0.301 e. The van der Waals surface area contributed by atoms with Crippen molar-refractivity contribution in [3.8, 4) is 0 Å². The third kappa shape index (κ3) is 3.81. The lowest BCUT2D eigenvalue weighted by Gasteiger charge is -2.17. The molecular formula is C12H21NS. The molecule has 0 aromatic carbocycles. The molecule has 1 nitrogen and oxygen atoms in total. The average molecular weight is 211 g/mol. The van der Waals surface area contributed by atoms with Gasteiger partial charge in [0.2, 0.25) is 0 Å². The molecule has 1 aromatic rings. The molecule has 0 radical (unpaired) electrons. The summed E-state index contributed by atoms with van der Waals surface area (Å²) >= 11 is 1.95. The summed E-state index contributed by atoms with van der Waals surface area (Å²) in [4.78, 5) is 5.39. The first-order valence-electron chi connectivity index (χ1n) is 5.38. The number of rotatable bonds is 5. The lowest BCUT2D eigenvalue weighted by molar-refractivity contribution is 0.291. The summed E-state index contributed by atoms with van der Waals surface area (Å²) in [6.45, 7) is 9.03. The number of thiophene rings is 1. The number of aryl methyl sites for hydroxylation is 1. The first kappa shape index (κ1) is 11.7. The number of hydrogen-bond donors (Lipinski definition) is 0. The van der Waals surface area contributed by atoms with Crippen LogP contribution in [0.15, 0.2) is 12.1 Å². The Morgan fingerprint density at radius 1 is 1.29 bits per heavy atom. The van der Waals surface area contributed by atoms with E-state index < -0.39 is 0 Å². The van der Waals surface area contributed by atoms with Crippen molar-refractivity contribution < 1.29 is 0 Å². The van der Waals surface area contributed by atoms with Crippen molar-refractivity contribution in [2.24, 2.45) is 5.92 Å². The molecule has 0 N–H and O–H groups in total. The molecule has 0 aliphatic heterocycles. The highest BCUT2D eigenvalue weighted by Crippen LogP contribution is 2.18. The van der Waals surface area contributed by atoms with Gasteiger partial charge in [0.25, 0.3) is 0 Å². The van der Waals surface area contributed by atoms with E-state index in [0.717, 1.165) is 12.5 Å². The van der Waals surface area contributed by atoms with Gasteiger partial charge in [-0.15, -0.1) is 11.3 Å². The minimum atomic E-state index is 0.755. The molecule has 0 amide bonds. The summed E-state index contributed by atoms with van der Waals surface area (Å²) in [6, 6.07) is 4.52. The molecule has 0 spiro atoms. The Kier molecular flexibility index (Phi) is 4.63. The van der Waals surface area contributed by atoms with Crippen molar-refractivity contribution in [1.82, 2.24) is 4.90 Å². The Morgan fingerprint density at radius 3 is 2.43 bits per heavy atom. The van der Waals surface area contributed by atoms with Crippen LogP contribution in [0.4, 0.5) is 0 Å². The van der Waals surface area contributed by atoms with Crippen LogP contribution in [-0.2, 0) is 13.0 Å². The van der Waals surface area contributed by atoms with Crippen LogP contribution in [0.5, 0.6) is 0 Å². The highest BCUT2D eigenvalue weighted by molar-refractivity contribution is 7.11. The second-order valence-corrected chi connectivity index (χ2v) is 5.57. The van der Waals surface area contributed by atoms with Crippen LogP contribution in [0, 0.1) is 5.92 Å². The van der Waals surface area contributed by atoms with Crippen molar-refractivity contribution in [3.05, 3.63) is 21.9 Å². The third-order valence-electron chi connectivity index (χ3n) is 2.17. The smallest absolute Gasteiger partial charge is 0.0325 e. The zero-order valence-electron chi connectivity index (χ0n) is 9.71. The molecule has 2 heteroatoms. The van der Waals surface area contributed by atoms with E-state index in [-0.39, 0.29) is 0 Å². The molecule has 1 rings (SSSR count). The fourth-order valence-electron chi connectivity index (χ4n) is 1.65. The maximum absolute atomic E-state index is 2.40. The lowest BCUT2D eigenvalue weighted by atomic mass is 10.2. The van der Waals surface area contributed by atoms with E-state index in [1.165, 1.54) is 22.7 Å². The van der Waals surface area contributed by atoms with Gasteiger partial charge >= 0.3 is 0 Å². The van der Waals surface area contributed by atoms with Gasteiger partial charge in [-0.05, 0) is 31.5 Å². The van der Waals surface area contributed by atoms with E-state index in [2.05, 4.69) is 44.9 Å². The number of hydrogen-bond acceptors (Lipinski definition) is 2. The lowest BCUT2D eigenvalue weighted by Crippen LogP contribution is -2.22. The zero-order chi connectivity index (χ0) is 10.6. The van der Waals surface area contributed by atoms with Crippen LogP contribution in [0.3, 0.4) is 0 Å². The molecule has 80 valence electrons. The van der Waals surface area contributed by atoms with E-state index in [9.17, 15) is 0 Å². The van der Waals surface area contributed by atoms with E-state index in [0.29, 0.717) is 0 Å². The molecule has 0 aliphatic carbocycles. The second-order valence-electron chi connectivity index (χ2n) is 4.31. The van der Waals surface area contributed by atoms with Crippen molar-refractivity contribution in [3.63, 3.8) is 0 Å². The molecule has 0 saturated heterocycles. The Labute approximate surface area is 91.8 Å². The quantitative estimate of drug-likeness (QED) is 0.721.